The number of carbonyl (C=O) groups is 1. The van der Waals surface area contributed by atoms with Crippen LogP contribution in [0.1, 0.15) is 12.5 Å². The second kappa shape index (κ2) is 8.49. The minimum atomic E-state index is -0.0988. The largest absolute Gasteiger partial charge is 0.497 e. The van der Waals surface area contributed by atoms with Gasteiger partial charge in [-0.25, -0.2) is 0 Å². The summed E-state index contributed by atoms with van der Waals surface area (Å²) >= 11 is 1.57. The number of benzene rings is 2. The van der Waals surface area contributed by atoms with E-state index in [1.54, 1.807) is 18.9 Å². The van der Waals surface area contributed by atoms with Crippen LogP contribution in [-0.2, 0) is 11.2 Å². The maximum absolute atomic E-state index is 12.1. The minimum absolute atomic E-state index is 0.0716. The van der Waals surface area contributed by atoms with Gasteiger partial charge in [0.2, 0.25) is 5.91 Å². The van der Waals surface area contributed by atoms with Crippen LogP contribution in [0.3, 0.4) is 0 Å². The molecule has 1 amide bonds. The van der Waals surface area contributed by atoms with Crippen molar-refractivity contribution in [3.63, 3.8) is 0 Å². The predicted octanol–water partition coefficient (Wildman–Crippen LogP) is 3.53. The summed E-state index contributed by atoms with van der Waals surface area (Å²) in [6, 6.07) is 17.9. The first-order chi connectivity index (χ1) is 10.7. The zero-order valence-corrected chi connectivity index (χ0v) is 13.7. The fraction of sp³-hybridized carbons (Fsp3) is 0.278. The Bertz CT molecular complexity index is 584. The second-order valence-corrected chi connectivity index (χ2v) is 6.38. The zero-order chi connectivity index (χ0) is 15.8. The number of hydrogen-bond donors (Lipinski definition) is 1. The summed E-state index contributed by atoms with van der Waals surface area (Å²) in [7, 11) is 1.65. The van der Waals surface area contributed by atoms with Gasteiger partial charge in [0.1, 0.15) is 5.75 Å². The first-order valence-corrected chi connectivity index (χ1v) is 8.19. The van der Waals surface area contributed by atoms with E-state index in [-0.39, 0.29) is 11.2 Å². The second-order valence-electron chi connectivity index (χ2n) is 4.96. The third-order valence-electron chi connectivity index (χ3n) is 3.30. The molecule has 116 valence electrons. The molecule has 22 heavy (non-hydrogen) atoms. The topological polar surface area (TPSA) is 38.3 Å². The molecule has 0 heterocycles. The van der Waals surface area contributed by atoms with Gasteiger partial charge < -0.3 is 10.1 Å². The van der Waals surface area contributed by atoms with Gasteiger partial charge in [0.25, 0.3) is 0 Å². The van der Waals surface area contributed by atoms with Gasteiger partial charge in [-0.3, -0.25) is 4.79 Å². The van der Waals surface area contributed by atoms with Crippen molar-refractivity contribution in [3.8, 4) is 5.75 Å². The fourth-order valence-corrected chi connectivity index (χ4v) is 2.94. The molecule has 1 N–H and O–H groups in total. The van der Waals surface area contributed by atoms with Gasteiger partial charge in [-0.05, 0) is 43.2 Å². The first kappa shape index (κ1) is 16.4. The number of hydrogen-bond acceptors (Lipinski definition) is 3. The van der Waals surface area contributed by atoms with Crippen molar-refractivity contribution >= 4 is 17.7 Å². The minimum Gasteiger partial charge on any atom is -0.497 e. The molecule has 3 nitrogen and oxygen atoms in total. The molecule has 0 aliphatic heterocycles. The van der Waals surface area contributed by atoms with Crippen molar-refractivity contribution in [2.75, 3.05) is 13.7 Å². The van der Waals surface area contributed by atoms with Crippen molar-refractivity contribution in [2.24, 2.45) is 0 Å². The van der Waals surface area contributed by atoms with Crippen molar-refractivity contribution in [2.45, 2.75) is 23.5 Å². The van der Waals surface area contributed by atoms with E-state index < -0.39 is 0 Å². The maximum Gasteiger partial charge on any atom is 0.233 e. The van der Waals surface area contributed by atoms with Crippen molar-refractivity contribution in [3.05, 3.63) is 60.2 Å². The highest BCUT2D eigenvalue weighted by atomic mass is 32.2. The summed E-state index contributed by atoms with van der Waals surface area (Å²) < 4.78 is 5.13. The van der Waals surface area contributed by atoms with Crippen LogP contribution in [0.15, 0.2) is 59.5 Å². The summed E-state index contributed by atoms with van der Waals surface area (Å²) in [4.78, 5) is 13.2. The van der Waals surface area contributed by atoms with Gasteiger partial charge in [0.15, 0.2) is 0 Å². The molecule has 0 saturated carbocycles. The van der Waals surface area contributed by atoms with Gasteiger partial charge in [0.05, 0.1) is 12.4 Å². The molecule has 0 aliphatic rings. The first-order valence-electron chi connectivity index (χ1n) is 7.31. The van der Waals surface area contributed by atoms with Crippen molar-refractivity contribution in [1.82, 2.24) is 5.32 Å². The van der Waals surface area contributed by atoms with E-state index in [0.717, 1.165) is 17.1 Å². The molecule has 1 atom stereocenters. The summed E-state index contributed by atoms with van der Waals surface area (Å²) in [6.45, 7) is 2.57. The number of thioether (sulfide) groups is 1. The van der Waals surface area contributed by atoms with Crippen LogP contribution in [0.25, 0.3) is 0 Å². The zero-order valence-electron chi connectivity index (χ0n) is 12.9. The van der Waals surface area contributed by atoms with E-state index in [1.165, 1.54) is 5.56 Å². The number of amides is 1. The van der Waals surface area contributed by atoms with Crippen LogP contribution in [-0.4, -0.2) is 24.8 Å². The van der Waals surface area contributed by atoms with Crippen molar-refractivity contribution < 1.29 is 9.53 Å². The van der Waals surface area contributed by atoms with Crippen molar-refractivity contribution in [1.29, 1.82) is 0 Å². The normalized spacial score (nSPS) is 11.7. The van der Waals surface area contributed by atoms with Gasteiger partial charge >= 0.3 is 0 Å². The smallest absolute Gasteiger partial charge is 0.233 e. The molecule has 0 saturated heterocycles. The molecule has 0 fully saturated rings. The number of methoxy groups -OCH3 is 1. The van der Waals surface area contributed by atoms with E-state index >= 15 is 0 Å². The standard InChI is InChI=1S/C18H21NO2S/c1-14(22-17-6-4-3-5-7-17)18(20)19-13-12-15-8-10-16(21-2)11-9-15/h3-11,14H,12-13H2,1-2H3,(H,19,20). The van der Waals surface area contributed by atoms with Crippen LogP contribution in [0, 0.1) is 0 Å². The molecule has 0 spiro atoms. The lowest BCUT2D eigenvalue weighted by Gasteiger charge is -2.12. The predicted molar refractivity (Wildman–Crippen MR) is 91.5 cm³/mol. The number of ether oxygens (including phenoxy) is 1. The molecule has 0 radical (unpaired) electrons. The quantitative estimate of drug-likeness (QED) is 0.794. The Morgan fingerprint density at radius 3 is 2.45 bits per heavy atom. The maximum atomic E-state index is 12.1. The molecular weight excluding hydrogens is 294 g/mol. The number of nitrogens with one attached hydrogen (secondary N) is 1. The summed E-state index contributed by atoms with van der Waals surface area (Å²) in [5.41, 5.74) is 1.18. The molecule has 2 aromatic carbocycles. The van der Waals surface area contributed by atoms with Crippen LogP contribution in [0.4, 0.5) is 0 Å². The third kappa shape index (κ3) is 5.11. The lowest BCUT2D eigenvalue weighted by Crippen LogP contribution is -2.32. The van der Waals surface area contributed by atoms with Gasteiger partial charge in [-0.2, -0.15) is 0 Å². The van der Waals surface area contributed by atoms with E-state index in [4.69, 9.17) is 4.74 Å². The SMILES string of the molecule is COc1ccc(CCNC(=O)C(C)Sc2ccccc2)cc1. The van der Waals surface area contributed by atoms with Crippen LogP contribution < -0.4 is 10.1 Å². The average Bonchev–Trinajstić information content (AvgIpc) is 2.56. The lowest BCUT2D eigenvalue weighted by atomic mass is 10.1. The molecule has 2 aromatic rings. The Labute approximate surface area is 136 Å². The number of rotatable bonds is 7. The van der Waals surface area contributed by atoms with Crippen LogP contribution >= 0.6 is 11.8 Å². The van der Waals surface area contributed by atoms with Crippen LogP contribution in [0.5, 0.6) is 5.75 Å². The molecule has 2 rings (SSSR count). The molecule has 0 aromatic heterocycles. The Balaban J connectivity index is 1.74. The van der Waals surface area contributed by atoms with E-state index in [1.807, 2.05) is 61.5 Å². The molecule has 0 bridgehead atoms. The third-order valence-corrected chi connectivity index (χ3v) is 4.41. The molecule has 0 aliphatic carbocycles. The van der Waals surface area contributed by atoms with Crippen LogP contribution in [0.2, 0.25) is 0 Å². The van der Waals surface area contributed by atoms with Gasteiger partial charge in [0, 0.05) is 11.4 Å². The van der Waals surface area contributed by atoms with Gasteiger partial charge in [-0.15, -0.1) is 11.8 Å². The summed E-state index contributed by atoms with van der Waals surface area (Å²) in [5, 5.41) is 2.89. The molecular formula is C18H21NO2S. The number of carbonyl (C=O) groups excluding carboxylic acids is 1. The Hall–Kier alpha value is -1.94. The fourth-order valence-electron chi connectivity index (χ4n) is 2.02. The summed E-state index contributed by atoms with van der Waals surface area (Å²) in [6.07, 6.45) is 0.818. The molecule has 4 heteroatoms. The Morgan fingerprint density at radius 2 is 1.82 bits per heavy atom. The van der Waals surface area contributed by atoms with Gasteiger partial charge in [-0.1, -0.05) is 30.3 Å². The highest BCUT2D eigenvalue weighted by Crippen LogP contribution is 2.22. The Kier molecular flexibility index (Phi) is 6.34. The highest BCUT2D eigenvalue weighted by Gasteiger charge is 2.13. The molecule has 1 unspecified atom stereocenters. The highest BCUT2D eigenvalue weighted by molar-refractivity contribution is 8.00. The lowest BCUT2D eigenvalue weighted by molar-refractivity contribution is -0.120. The monoisotopic (exact) mass is 315 g/mol. The van der Waals surface area contributed by atoms with E-state index in [0.29, 0.717) is 6.54 Å². The summed E-state index contributed by atoms with van der Waals surface area (Å²) in [5.74, 6) is 0.919. The van der Waals surface area contributed by atoms with E-state index in [9.17, 15) is 4.79 Å². The Morgan fingerprint density at radius 1 is 1.14 bits per heavy atom. The average molecular weight is 315 g/mol. The van der Waals surface area contributed by atoms with E-state index in [2.05, 4.69) is 5.32 Å².